The van der Waals surface area contributed by atoms with Crippen LogP contribution in [0.25, 0.3) is 0 Å². The van der Waals surface area contributed by atoms with Gasteiger partial charge in [0.25, 0.3) is 0 Å². The lowest BCUT2D eigenvalue weighted by molar-refractivity contribution is -0.137. The molecule has 7 heteroatoms. The number of thiazole rings is 1. The molecule has 1 aromatic carbocycles. The largest absolute Gasteiger partial charge is 0.416 e. The van der Waals surface area contributed by atoms with Crippen LogP contribution in [0.15, 0.2) is 30.5 Å². The average Bonchev–Trinajstić information content (AvgIpc) is 3.11. The van der Waals surface area contributed by atoms with Crippen LogP contribution in [-0.4, -0.2) is 23.4 Å². The van der Waals surface area contributed by atoms with Gasteiger partial charge in [0.15, 0.2) is 5.13 Å². The van der Waals surface area contributed by atoms with Crippen molar-refractivity contribution < 1.29 is 18.0 Å². The molecule has 0 spiro atoms. The predicted molar refractivity (Wildman–Crippen MR) is 90.1 cm³/mol. The number of alkyl halides is 3. The molecule has 3 heterocycles. The van der Waals surface area contributed by atoms with Crippen molar-refractivity contribution in [3.8, 4) is 0 Å². The van der Waals surface area contributed by atoms with E-state index in [1.807, 2.05) is 0 Å². The maximum atomic E-state index is 12.8. The molecule has 2 saturated heterocycles. The minimum Gasteiger partial charge on any atom is -0.345 e. The first kappa shape index (κ1) is 16.6. The molecule has 1 saturated carbocycles. The van der Waals surface area contributed by atoms with Crippen molar-refractivity contribution in [3.63, 3.8) is 0 Å². The molecule has 1 aromatic heterocycles. The minimum absolute atomic E-state index is 0.0465. The highest BCUT2D eigenvalue weighted by atomic mass is 32.1. The highest BCUT2D eigenvalue weighted by Crippen LogP contribution is 2.39. The normalized spacial score (nSPS) is 23.1. The van der Waals surface area contributed by atoms with Gasteiger partial charge in [0.2, 0.25) is 5.78 Å². The third-order valence-corrected chi connectivity index (χ3v) is 6.16. The smallest absolute Gasteiger partial charge is 0.345 e. The van der Waals surface area contributed by atoms with E-state index in [9.17, 15) is 18.0 Å². The van der Waals surface area contributed by atoms with Gasteiger partial charge in [-0.3, -0.25) is 4.79 Å². The number of carbonyl (C=O) groups is 1. The number of fused-ring (bicyclic) bond motifs is 3. The maximum Gasteiger partial charge on any atom is 0.416 e. The van der Waals surface area contributed by atoms with Crippen molar-refractivity contribution in [3.05, 3.63) is 46.5 Å². The van der Waals surface area contributed by atoms with Gasteiger partial charge in [-0.15, -0.1) is 0 Å². The summed E-state index contributed by atoms with van der Waals surface area (Å²) in [6, 6.07) is 5.04. The molecular weight excluding hydrogens is 349 g/mol. The first-order chi connectivity index (χ1) is 11.9. The van der Waals surface area contributed by atoms with Gasteiger partial charge >= 0.3 is 6.18 Å². The topological polar surface area (TPSA) is 33.2 Å². The number of benzene rings is 1. The van der Waals surface area contributed by atoms with Crippen molar-refractivity contribution in [2.24, 2.45) is 5.92 Å². The van der Waals surface area contributed by atoms with E-state index in [1.54, 1.807) is 0 Å². The third-order valence-electron chi connectivity index (χ3n) is 5.13. The van der Waals surface area contributed by atoms with Crippen LogP contribution in [0.2, 0.25) is 0 Å². The summed E-state index contributed by atoms with van der Waals surface area (Å²) in [5.74, 6) is 0.286. The Bertz CT molecular complexity index is 794. The number of piperidine rings is 2. The molecule has 2 aromatic rings. The zero-order valence-corrected chi connectivity index (χ0v) is 14.2. The van der Waals surface area contributed by atoms with Crippen LogP contribution in [0.4, 0.5) is 18.3 Å². The van der Waals surface area contributed by atoms with Crippen molar-refractivity contribution >= 4 is 22.3 Å². The minimum atomic E-state index is -4.46. The zero-order valence-electron chi connectivity index (χ0n) is 13.4. The molecule has 1 aliphatic carbocycles. The van der Waals surface area contributed by atoms with Gasteiger partial charge in [-0.05, 0) is 43.7 Å². The second kappa shape index (κ2) is 6.12. The van der Waals surface area contributed by atoms with Gasteiger partial charge in [0.1, 0.15) is 0 Å². The van der Waals surface area contributed by atoms with Crippen molar-refractivity contribution in [2.45, 2.75) is 37.9 Å². The average molecular weight is 366 g/mol. The van der Waals surface area contributed by atoms with Crippen LogP contribution >= 0.6 is 11.3 Å². The van der Waals surface area contributed by atoms with Crippen LogP contribution in [0, 0.1) is 5.92 Å². The number of halogens is 3. The van der Waals surface area contributed by atoms with Gasteiger partial charge in [0, 0.05) is 18.2 Å². The molecule has 25 heavy (non-hydrogen) atoms. The van der Waals surface area contributed by atoms with Crippen LogP contribution in [0.1, 0.15) is 46.5 Å². The van der Waals surface area contributed by atoms with E-state index in [4.69, 9.17) is 0 Å². The van der Waals surface area contributed by atoms with Crippen molar-refractivity contribution in [2.75, 3.05) is 11.4 Å². The Kier molecular flexibility index (Phi) is 4.06. The standard InChI is InChI=1S/C18H17F3N2OS/c19-18(20,21)13-3-1-2-12(8-13)16(24)15-9-22-17(25-15)23-10-11-4-6-14(23)7-5-11/h1-3,8-9,11,14H,4-7,10H2. The van der Waals surface area contributed by atoms with Crippen LogP contribution in [-0.2, 0) is 6.18 Å². The summed E-state index contributed by atoms with van der Waals surface area (Å²) in [5, 5.41) is 0.810. The van der Waals surface area contributed by atoms with Gasteiger partial charge in [-0.2, -0.15) is 13.2 Å². The van der Waals surface area contributed by atoms with Gasteiger partial charge in [-0.1, -0.05) is 23.5 Å². The fourth-order valence-corrected chi connectivity index (χ4v) is 4.74. The zero-order chi connectivity index (χ0) is 17.6. The first-order valence-electron chi connectivity index (χ1n) is 8.36. The van der Waals surface area contributed by atoms with Crippen LogP contribution in [0.5, 0.6) is 0 Å². The Morgan fingerprint density at radius 2 is 1.96 bits per heavy atom. The Morgan fingerprint density at radius 3 is 2.60 bits per heavy atom. The lowest BCUT2D eigenvalue weighted by Crippen LogP contribution is -2.48. The summed E-state index contributed by atoms with van der Waals surface area (Å²) in [4.78, 5) is 19.6. The van der Waals surface area contributed by atoms with E-state index in [2.05, 4.69) is 9.88 Å². The molecule has 2 aliphatic heterocycles. The number of aromatic nitrogens is 1. The summed E-state index contributed by atoms with van der Waals surface area (Å²) in [5.41, 5.74) is -0.762. The molecule has 3 nitrogen and oxygen atoms in total. The van der Waals surface area contributed by atoms with Crippen molar-refractivity contribution in [1.29, 1.82) is 0 Å². The fraction of sp³-hybridized carbons (Fsp3) is 0.444. The van der Waals surface area contributed by atoms with E-state index in [-0.39, 0.29) is 5.56 Å². The van der Waals surface area contributed by atoms with E-state index in [0.29, 0.717) is 16.8 Å². The number of nitrogens with zero attached hydrogens (tertiary/aromatic N) is 2. The Morgan fingerprint density at radius 1 is 1.20 bits per heavy atom. The van der Waals surface area contributed by atoms with E-state index in [0.717, 1.165) is 36.7 Å². The molecule has 5 rings (SSSR count). The Balaban J connectivity index is 1.57. The van der Waals surface area contributed by atoms with Gasteiger partial charge < -0.3 is 4.90 Å². The SMILES string of the molecule is O=C(c1cccc(C(F)(F)F)c1)c1cnc(N2CC3CCC2CC3)s1. The molecular formula is C18H17F3N2OS. The number of carbonyl (C=O) groups excluding carboxylic acids is 1. The highest BCUT2D eigenvalue weighted by Gasteiger charge is 2.35. The quantitative estimate of drug-likeness (QED) is 0.734. The molecule has 132 valence electrons. The molecule has 0 radical (unpaired) electrons. The molecule has 0 N–H and O–H groups in total. The fourth-order valence-electron chi connectivity index (χ4n) is 3.78. The highest BCUT2D eigenvalue weighted by molar-refractivity contribution is 7.17. The second-order valence-corrected chi connectivity index (χ2v) is 7.75. The van der Waals surface area contributed by atoms with E-state index in [1.165, 1.54) is 42.5 Å². The monoisotopic (exact) mass is 366 g/mol. The summed E-state index contributed by atoms with van der Waals surface area (Å²) in [6.07, 6.45) is 1.85. The van der Waals surface area contributed by atoms with Gasteiger partial charge in [-0.25, -0.2) is 4.98 Å². The maximum absolute atomic E-state index is 12.8. The molecule has 3 aliphatic rings. The Hall–Kier alpha value is -1.89. The van der Waals surface area contributed by atoms with E-state index >= 15 is 0 Å². The third kappa shape index (κ3) is 3.17. The summed E-state index contributed by atoms with van der Waals surface area (Å²) in [6.45, 7) is 0.968. The lowest BCUT2D eigenvalue weighted by atomic mass is 9.80. The number of hydrogen-bond donors (Lipinski definition) is 0. The van der Waals surface area contributed by atoms with Crippen molar-refractivity contribution in [1.82, 2.24) is 4.98 Å². The number of anilines is 1. The van der Waals surface area contributed by atoms with Gasteiger partial charge in [0.05, 0.1) is 16.6 Å². The van der Waals surface area contributed by atoms with Crippen LogP contribution < -0.4 is 4.90 Å². The number of rotatable bonds is 3. The Labute approximate surface area is 147 Å². The van der Waals surface area contributed by atoms with E-state index < -0.39 is 17.5 Å². The summed E-state index contributed by atoms with van der Waals surface area (Å²) >= 11 is 1.28. The summed E-state index contributed by atoms with van der Waals surface area (Å²) < 4.78 is 38.5. The summed E-state index contributed by atoms with van der Waals surface area (Å²) in [7, 11) is 0. The second-order valence-electron chi connectivity index (χ2n) is 6.74. The molecule has 2 bridgehead atoms. The lowest BCUT2D eigenvalue weighted by Gasteiger charge is -2.45. The number of hydrogen-bond acceptors (Lipinski definition) is 4. The number of ketones is 1. The molecule has 3 fully saturated rings. The molecule has 0 amide bonds. The molecule has 0 unspecified atom stereocenters. The first-order valence-corrected chi connectivity index (χ1v) is 9.18. The van der Waals surface area contributed by atoms with Crippen LogP contribution in [0.3, 0.4) is 0 Å². The molecule has 0 atom stereocenters. The predicted octanol–water partition coefficient (Wildman–Crippen LogP) is 4.77.